The summed E-state index contributed by atoms with van der Waals surface area (Å²) in [6.45, 7) is 3.69. The third-order valence-corrected chi connectivity index (χ3v) is 6.18. The Kier molecular flexibility index (Phi) is 5.51. The largest absolute Gasteiger partial charge is 0.345 e. The predicted molar refractivity (Wildman–Crippen MR) is 128 cm³/mol. The van der Waals surface area contributed by atoms with Gasteiger partial charge in [0.1, 0.15) is 36.3 Å². The van der Waals surface area contributed by atoms with Gasteiger partial charge in [0.2, 0.25) is 0 Å². The van der Waals surface area contributed by atoms with Gasteiger partial charge in [-0.05, 0) is 44.2 Å². The van der Waals surface area contributed by atoms with Gasteiger partial charge in [-0.2, -0.15) is 0 Å². The molecule has 6 rings (SSSR count). The second-order valence-corrected chi connectivity index (χ2v) is 9.11. The van der Waals surface area contributed by atoms with E-state index in [9.17, 15) is 8.78 Å². The lowest BCUT2D eigenvalue weighted by Gasteiger charge is -2.24. The van der Waals surface area contributed by atoms with E-state index in [-0.39, 0.29) is 11.6 Å². The van der Waals surface area contributed by atoms with Crippen LogP contribution in [-0.2, 0) is 14.2 Å². The van der Waals surface area contributed by atoms with E-state index in [4.69, 9.17) is 14.2 Å². The first-order valence-corrected chi connectivity index (χ1v) is 11.5. The van der Waals surface area contributed by atoms with Gasteiger partial charge in [0.15, 0.2) is 29.0 Å². The van der Waals surface area contributed by atoms with Crippen LogP contribution in [0.15, 0.2) is 67.3 Å². The number of ether oxygens (including phenoxy) is 3. The molecule has 2 aliphatic heterocycles. The summed E-state index contributed by atoms with van der Waals surface area (Å²) in [5.41, 5.74) is 2.17. The molecule has 10 heteroatoms. The molecule has 1 N–H and O–H groups in total. The highest BCUT2D eigenvalue weighted by Gasteiger charge is 2.55. The van der Waals surface area contributed by atoms with E-state index in [2.05, 4.69) is 20.3 Å². The molecule has 0 saturated carbocycles. The minimum atomic E-state index is -0.817. The normalized spacial score (nSPS) is 25.0. The van der Waals surface area contributed by atoms with Gasteiger partial charge in [-0.1, -0.05) is 30.4 Å². The molecule has 0 amide bonds. The van der Waals surface area contributed by atoms with Crippen LogP contribution in [0.1, 0.15) is 25.6 Å². The standard InChI is InChI=1S/C26H23F2N5O3/c1-26(2)35-21-19(12-7-15-5-3-4-6-18(15)28)34-25(22(21)36-26)33-14-31-20-23(29-13-30-24(20)33)32-17-10-8-16(27)9-11-17/h3-14,19,21-22,25H,1-2H3,(H,29,30,32). The minimum absolute atomic E-state index is 0.317. The average molecular weight is 491 g/mol. The average Bonchev–Trinajstić information content (AvgIpc) is 3.51. The van der Waals surface area contributed by atoms with Crippen molar-refractivity contribution >= 4 is 28.7 Å². The maximum atomic E-state index is 14.1. The van der Waals surface area contributed by atoms with Crippen molar-refractivity contribution < 1.29 is 23.0 Å². The van der Waals surface area contributed by atoms with Crippen LogP contribution in [0.3, 0.4) is 0 Å². The lowest BCUT2D eigenvalue weighted by Crippen LogP contribution is -2.28. The predicted octanol–water partition coefficient (Wildman–Crippen LogP) is 4.98. The van der Waals surface area contributed by atoms with E-state index in [0.29, 0.717) is 28.2 Å². The number of nitrogens with zero attached hydrogens (tertiary/aromatic N) is 4. The van der Waals surface area contributed by atoms with Crippen molar-refractivity contribution in [2.45, 2.75) is 44.2 Å². The zero-order valence-corrected chi connectivity index (χ0v) is 19.5. The molecule has 36 heavy (non-hydrogen) atoms. The maximum absolute atomic E-state index is 14.1. The molecule has 0 spiro atoms. The van der Waals surface area contributed by atoms with E-state index >= 15 is 0 Å². The Morgan fingerprint density at radius 2 is 1.75 bits per heavy atom. The summed E-state index contributed by atoms with van der Waals surface area (Å²) >= 11 is 0. The second kappa shape index (κ2) is 8.74. The fourth-order valence-electron chi connectivity index (χ4n) is 4.59. The van der Waals surface area contributed by atoms with Crippen molar-refractivity contribution in [2.75, 3.05) is 5.32 Å². The molecule has 4 heterocycles. The van der Waals surface area contributed by atoms with Crippen LogP contribution in [0, 0.1) is 11.6 Å². The van der Waals surface area contributed by atoms with Crippen LogP contribution in [0.5, 0.6) is 0 Å². The lowest BCUT2D eigenvalue weighted by molar-refractivity contribution is -0.191. The molecule has 2 fully saturated rings. The number of fused-ring (bicyclic) bond motifs is 2. The Balaban J connectivity index is 1.32. The zero-order chi connectivity index (χ0) is 24.9. The van der Waals surface area contributed by atoms with Crippen molar-refractivity contribution in [2.24, 2.45) is 0 Å². The van der Waals surface area contributed by atoms with Crippen LogP contribution in [0.25, 0.3) is 17.2 Å². The van der Waals surface area contributed by atoms with E-state index in [1.807, 2.05) is 13.8 Å². The first kappa shape index (κ1) is 22.7. The van der Waals surface area contributed by atoms with Crippen molar-refractivity contribution in [3.63, 3.8) is 0 Å². The summed E-state index contributed by atoms with van der Waals surface area (Å²) in [4.78, 5) is 13.2. The first-order chi connectivity index (χ1) is 17.4. The highest BCUT2D eigenvalue weighted by molar-refractivity contribution is 5.85. The number of hydrogen-bond acceptors (Lipinski definition) is 7. The van der Waals surface area contributed by atoms with Gasteiger partial charge in [-0.15, -0.1) is 0 Å². The molecule has 2 aromatic carbocycles. The molecular weight excluding hydrogens is 468 g/mol. The number of benzene rings is 2. The van der Waals surface area contributed by atoms with Crippen molar-refractivity contribution in [1.82, 2.24) is 19.5 Å². The summed E-state index contributed by atoms with van der Waals surface area (Å²) in [5, 5.41) is 3.15. The molecule has 0 radical (unpaired) electrons. The summed E-state index contributed by atoms with van der Waals surface area (Å²) in [6, 6.07) is 12.5. The number of nitrogens with one attached hydrogen (secondary N) is 1. The number of halogens is 2. The fourth-order valence-corrected chi connectivity index (χ4v) is 4.59. The Morgan fingerprint density at radius 3 is 2.56 bits per heavy atom. The minimum Gasteiger partial charge on any atom is -0.345 e. The number of hydrogen-bond donors (Lipinski definition) is 1. The SMILES string of the molecule is CC1(C)OC2C(C=Cc3ccccc3F)OC(n3cnc4c(Nc5ccc(F)cc5)ncnc43)C2O1. The molecule has 4 atom stereocenters. The van der Waals surface area contributed by atoms with Crippen LogP contribution in [-0.4, -0.2) is 43.6 Å². The number of imidazole rings is 1. The molecule has 8 nitrogen and oxygen atoms in total. The lowest BCUT2D eigenvalue weighted by atomic mass is 10.1. The van der Waals surface area contributed by atoms with Crippen molar-refractivity contribution in [3.8, 4) is 0 Å². The van der Waals surface area contributed by atoms with Gasteiger partial charge in [0.25, 0.3) is 0 Å². The molecule has 0 aliphatic carbocycles. The van der Waals surface area contributed by atoms with Crippen molar-refractivity contribution in [1.29, 1.82) is 0 Å². The maximum Gasteiger partial charge on any atom is 0.167 e. The quantitative estimate of drug-likeness (QED) is 0.422. The number of anilines is 2. The molecule has 0 bridgehead atoms. The van der Waals surface area contributed by atoms with E-state index < -0.39 is 30.3 Å². The summed E-state index contributed by atoms with van der Waals surface area (Å²) in [7, 11) is 0. The summed E-state index contributed by atoms with van der Waals surface area (Å²) in [5.74, 6) is -0.990. The van der Waals surface area contributed by atoms with Crippen LogP contribution in [0.4, 0.5) is 20.3 Å². The van der Waals surface area contributed by atoms with Gasteiger partial charge in [0.05, 0.1) is 6.33 Å². The fraction of sp³-hybridized carbons (Fsp3) is 0.269. The summed E-state index contributed by atoms with van der Waals surface area (Å²) < 4.78 is 47.9. The molecule has 4 unspecified atom stereocenters. The first-order valence-electron chi connectivity index (χ1n) is 11.5. The third kappa shape index (κ3) is 4.13. The third-order valence-electron chi connectivity index (χ3n) is 6.18. The van der Waals surface area contributed by atoms with E-state index in [1.165, 1.54) is 24.5 Å². The Labute approximate surface area is 205 Å². The van der Waals surface area contributed by atoms with Crippen molar-refractivity contribution in [3.05, 3.63) is 84.5 Å². The van der Waals surface area contributed by atoms with Crippen LogP contribution < -0.4 is 5.32 Å². The Bertz CT molecular complexity index is 1440. The smallest absolute Gasteiger partial charge is 0.167 e. The number of aromatic nitrogens is 4. The monoisotopic (exact) mass is 491 g/mol. The molecule has 2 aromatic heterocycles. The van der Waals surface area contributed by atoms with Crippen LogP contribution in [0.2, 0.25) is 0 Å². The summed E-state index contributed by atoms with van der Waals surface area (Å²) in [6.07, 6.45) is 4.57. The molecule has 4 aromatic rings. The molecule has 2 aliphatic rings. The van der Waals surface area contributed by atoms with Gasteiger partial charge in [0, 0.05) is 11.3 Å². The van der Waals surface area contributed by atoms with Gasteiger partial charge < -0.3 is 19.5 Å². The second-order valence-electron chi connectivity index (χ2n) is 9.11. The van der Waals surface area contributed by atoms with E-state index in [0.717, 1.165) is 0 Å². The zero-order valence-electron chi connectivity index (χ0n) is 19.5. The van der Waals surface area contributed by atoms with Gasteiger partial charge in [-0.3, -0.25) is 4.57 Å². The Hall–Kier alpha value is -3.73. The highest BCUT2D eigenvalue weighted by atomic mass is 19.1. The van der Waals surface area contributed by atoms with Gasteiger partial charge >= 0.3 is 0 Å². The molecular formula is C26H23F2N5O3. The van der Waals surface area contributed by atoms with Gasteiger partial charge in [-0.25, -0.2) is 23.7 Å². The van der Waals surface area contributed by atoms with Crippen LogP contribution >= 0.6 is 0 Å². The highest BCUT2D eigenvalue weighted by Crippen LogP contribution is 2.44. The topological polar surface area (TPSA) is 83.3 Å². The number of rotatable bonds is 5. The molecule has 184 valence electrons. The Morgan fingerprint density at radius 1 is 0.972 bits per heavy atom. The van der Waals surface area contributed by atoms with E-state index in [1.54, 1.807) is 53.4 Å². The molecule has 2 saturated heterocycles.